The molecule has 0 amide bonds. The first-order valence-electron chi connectivity index (χ1n) is 37.6. The van der Waals surface area contributed by atoms with Gasteiger partial charge in [0.15, 0.2) is 6.10 Å². The molecular weight excluding hydrogens is 1170 g/mol. The second-order valence-electron chi connectivity index (χ2n) is 25.5. The highest BCUT2D eigenvalue weighted by Crippen LogP contribution is 2.16. The number of hydrogen-bond donors (Lipinski definition) is 1. The summed E-state index contributed by atoms with van der Waals surface area (Å²) in [6.45, 7) is 4.63. The molecule has 0 heterocycles. The van der Waals surface area contributed by atoms with E-state index in [0.29, 0.717) is 17.4 Å². The van der Waals surface area contributed by atoms with Crippen LogP contribution < -0.4 is 0 Å². The first kappa shape index (κ1) is 89.1. The Balaban J connectivity index is 4.17. The minimum Gasteiger partial charge on any atom is -0.477 e. The lowest BCUT2D eigenvalue weighted by Crippen LogP contribution is -2.40. The van der Waals surface area contributed by atoms with Crippen LogP contribution in [0.2, 0.25) is 0 Å². The van der Waals surface area contributed by atoms with Crippen LogP contribution in [0.15, 0.2) is 194 Å². The predicted octanol–water partition coefficient (Wildman–Crippen LogP) is 24.1. The van der Waals surface area contributed by atoms with Gasteiger partial charge in [0.1, 0.15) is 13.2 Å². The maximum atomic E-state index is 13.0. The van der Waals surface area contributed by atoms with Crippen molar-refractivity contribution >= 4 is 17.9 Å². The van der Waals surface area contributed by atoms with Gasteiger partial charge < -0.3 is 28.5 Å². The quantitative estimate of drug-likeness (QED) is 0.0211. The molecule has 0 rings (SSSR count). The topological polar surface area (TPSA) is 108 Å². The van der Waals surface area contributed by atoms with Crippen molar-refractivity contribution in [2.24, 2.45) is 0 Å². The van der Waals surface area contributed by atoms with E-state index in [2.05, 4.69) is 208 Å². The van der Waals surface area contributed by atoms with Crippen molar-refractivity contribution in [3.8, 4) is 0 Å². The summed E-state index contributed by atoms with van der Waals surface area (Å²) in [5.41, 5.74) is 0. The number of ether oxygens (including phenoxy) is 4. The Hall–Kier alpha value is -5.87. The zero-order chi connectivity index (χ0) is 69.0. The van der Waals surface area contributed by atoms with Crippen molar-refractivity contribution in [3.63, 3.8) is 0 Å². The Labute approximate surface area is 582 Å². The fraction of sp³-hybridized carbons (Fsp3) is 0.593. The van der Waals surface area contributed by atoms with Gasteiger partial charge in [0.05, 0.1) is 34.4 Å². The molecule has 0 aliphatic heterocycles. The van der Waals surface area contributed by atoms with Crippen LogP contribution in [0.5, 0.6) is 0 Å². The lowest BCUT2D eigenvalue weighted by atomic mass is 10.0. The molecule has 0 aliphatic rings. The van der Waals surface area contributed by atoms with E-state index in [1.807, 2.05) is 21.1 Å². The molecule has 0 fully saturated rings. The first-order valence-corrected chi connectivity index (χ1v) is 37.6. The summed E-state index contributed by atoms with van der Waals surface area (Å²) in [5, 5.41) is 9.77. The van der Waals surface area contributed by atoms with Crippen molar-refractivity contribution in [1.29, 1.82) is 0 Å². The van der Waals surface area contributed by atoms with Gasteiger partial charge in [0.2, 0.25) is 0 Å². The number of unbranched alkanes of at least 4 members (excludes halogenated alkanes) is 20. The lowest BCUT2D eigenvalue weighted by molar-refractivity contribution is -0.870. The highest BCUT2D eigenvalue weighted by molar-refractivity contribution is 5.71. The Morgan fingerprint density at radius 3 is 0.842 bits per heavy atom. The molecule has 0 spiro atoms. The Bertz CT molecular complexity index is 2270. The molecule has 2 unspecified atom stereocenters. The summed E-state index contributed by atoms with van der Waals surface area (Å²) in [6, 6.07) is 0. The van der Waals surface area contributed by atoms with Crippen LogP contribution in [-0.2, 0) is 33.3 Å². The van der Waals surface area contributed by atoms with Crippen LogP contribution in [-0.4, -0.2) is 87.4 Å². The number of aliphatic carboxylic acids is 1. The van der Waals surface area contributed by atoms with E-state index in [4.69, 9.17) is 18.9 Å². The van der Waals surface area contributed by atoms with Crippen LogP contribution in [0, 0.1) is 0 Å². The molecule has 0 aliphatic carbocycles. The van der Waals surface area contributed by atoms with Crippen molar-refractivity contribution in [2.45, 2.75) is 283 Å². The number of carboxylic acid groups (broad SMARTS) is 1. The molecule has 0 aromatic rings. The maximum Gasteiger partial charge on any atom is 0.361 e. The molecule has 1 N–H and O–H groups in total. The summed E-state index contributed by atoms with van der Waals surface area (Å²) >= 11 is 0. The largest absolute Gasteiger partial charge is 0.477 e. The van der Waals surface area contributed by atoms with E-state index >= 15 is 0 Å². The fourth-order valence-electron chi connectivity index (χ4n) is 9.69. The van der Waals surface area contributed by atoms with Gasteiger partial charge in [-0.3, -0.25) is 9.59 Å². The average Bonchev–Trinajstić information content (AvgIpc) is 2.92. The number of rotatable bonds is 67. The number of nitrogens with zero attached hydrogens (tertiary/aromatic N) is 1. The molecule has 2 atom stereocenters. The van der Waals surface area contributed by atoms with Gasteiger partial charge in [-0.1, -0.05) is 311 Å². The Kier molecular flexibility index (Phi) is 69.4. The summed E-state index contributed by atoms with van der Waals surface area (Å²) in [7, 11) is 5.97. The van der Waals surface area contributed by atoms with Crippen LogP contribution in [0.25, 0.3) is 0 Å². The van der Waals surface area contributed by atoms with E-state index in [1.165, 1.54) is 77.0 Å². The standard InChI is InChI=1S/C86H137NO8/c1-6-8-10-12-14-16-18-20-22-24-26-28-30-32-34-36-38-39-40-41-42-43-44-45-47-49-51-53-55-57-59-61-63-65-67-69-71-73-75-77-84(89)95-82(81-94-86(85(90)91)92-79-78-87(3,4)5)80-93-83(88)76-74-72-70-68-66-64-62-60-58-56-54-52-50-48-46-37-35-33-31-29-27-25-23-21-19-17-15-13-11-9-7-2/h8-11,14-17,20-23,26-29,32-35,38-39,41-42,44-46,48-49,51-52,54,82,86H,6-7,12-13,18-19,24-25,30-31,36-37,40,43,47,50,53,55-81H2,1-5H3/p+1/b10-8-,11-9-,16-14-,17-15-,22-20-,23-21-,28-26-,29-27-,34-32-,35-33-,39-38-,42-41-,45-44-,48-46-,51-49-,54-52-. The van der Waals surface area contributed by atoms with Crippen molar-refractivity contribution in [2.75, 3.05) is 47.5 Å². The van der Waals surface area contributed by atoms with E-state index in [0.717, 1.165) is 161 Å². The summed E-state index contributed by atoms with van der Waals surface area (Å²) < 4.78 is 23.0. The van der Waals surface area contributed by atoms with Gasteiger partial charge in [-0.25, -0.2) is 4.79 Å². The average molecular weight is 1310 g/mol. The number of carbonyl (C=O) groups is 3. The lowest BCUT2D eigenvalue weighted by Gasteiger charge is -2.25. The van der Waals surface area contributed by atoms with Gasteiger partial charge in [-0.05, 0) is 141 Å². The van der Waals surface area contributed by atoms with E-state index in [1.54, 1.807) is 0 Å². The van der Waals surface area contributed by atoms with Crippen molar-refractivity contribution in [3.05, 3.63) is 194 Å². The third-order valence-corrected chi connectivity index (χ3v) is 15.3. The highest BCUT2D eigenvalue weighted by atomic mass is 16.7. The van der Waals surface area contributed by atoms with Gasteiger partial charge in [-0.2, -0.15) is 0 Å². The second-order valence-corrected chi connectivity index (χ2v) is 25.5. The SMILES string of the molecule is CC/C=C\C/C=C\C/C=C\C/C=C\C/C=C\C/C=C\C/C=C\C/C=C\C/C=C\CCCCCCCCCCCCCC(=O)OC(COC(=O)CCCCCCCCCCC/C=C\C/C=C\C/C=C\C/C=C\C/C=C\C/C=C\C/C=C\CC)COC(OCC[N+](C)(C)C)C(=O)O. The number of carboxylic acids is 1. The molecular formula is C86H138NO8+. The monoisotopic (exact) mass is 1310 g/mol. The summed E-state index contributed by atoms with van der Waals surface area (Å²) in [6.07, 6.45) is 111. The zero-order valence-corrected chi connectivity index (χ0v) is 61.0. The minimum absolute atomic E-state index is 0.176. The number of carbonyl (C=O) groups excluding carboxylic acids is 2. The second kappa shape index (κ2) is 73.9. The van der Waals surface area contributed by atoms with Gasteiger partial charge in [-0.15, -0.1) is 0 Å². The predicted molar refractivity (Wildman–Crippen MR) is 409 cm³/mol. The zero-order valence-electron chi connectivity index (χ0n) is 61.0. The van der Waals surface area contributed by atoms with Crippen molar-refractivity contribution < 1.29 is 42.9 Å². The molecule has 0 radical (unpaired) electrons. The van der Waals surface area contributed by atoms with E-state index in [9.17, 15) is 19.5 Å². The minimum atomic E-state index is -1.53. The molecule has 0 saturated heterocycles. The van der Waals surface area contributed by atoms with Crippen molar-refractivity contribution in [1.82, 2.24) is 0 Å². The summed E-state index contributed by atoms with van der Waals surface area (Å²) in [4.78, 5) is 37.7. The molecule has 9 nitrogen and oxygen atoms in total. The molecule has 95 heavy (non-hydrogen) atoms. The molecule has 0 aromatic carbocycles. The van der Waals surface area contributed by atoms with E-state index in [-0.39, 0.29) is 38.6 Å². The first-order chi connectivity index (χ1) is 46.6. The number of allylic oxidation sites excluding steroid dienone is 32. The van der Waals surface area contributed by atoms with E-state index < -0.39 is 24.3 Å². The normalized spacial score (nSPS) is 13.8. The maximum absolute atomic E-state index is 13.0. The molecule has 534 valence electrons. The van der Waals surface area contributed by atoms with Gasteiger partial charge in [0.25, 0.3) is 6.29 Å². The summed E-state index contributed by atoms with van der Waals surface area (Å²) in [5.74, 6) is -2.03. The van der Waals surface area contributed by atoms with Crippen LogP contribution in [0.3, 0.4) is 0 Å². The molecule has 0 bridgehead atoms. The Morgan fingerprint density at radius 2 is 0.568 bits per heavy atom. The highest BCUT2D eigenvalue weighted by Gasteiger charge is 2.25. The Morgan fingerprint density at radius 1 is 0.316 bits per heavy atom. The third kappa shape index (κ3) is 75.4. The molecule has 0 saturated carbocycles. The smallest absolute Gasteiger partial charge is 0.361 e. The number of likely N-dealkylation sites (N-methyl/N-ethyl adjacent to an activating group) is 1. The number of quaternary nitrogens is 1. The fourth-order valence-corrected chi connectivity index (χ4v) is 9.69. The van der Waals surface area contributed by atoms with Crippen LogP contribution >= 0.6 is 0 Å². The van der Waals surface area contributed by atoms with Gasteiger partial charge in [0, 0.05) is 12.8 Å². The molecule has 0 aromatic heterocycles. The molecule has 9 heteroatoms. The number of esters is 2. The third-order valence-electron chi connectivity index (χ3n) is 15.3. The number of hydrogen-bond acceptors (Lipinski definition) is 7. The van der Waals surface area contributed by atoms with Crippen LogP contribution in [0.4, 0.5) is 0 Å². The van der Waals surface area contributed by atoms with Gasteiger partial charge >= 0.3 is 17.9 Å². The van der Waals surface area contributed by atoms with Crippen LogP contribution in [0.1, 0.15) is 271 Å².